The monoisotopic (exact) mass is 305 g/mol. The molecule has 0 saturated carbocycles. The molecule has 0 bridgehead atoms. The summed E-state index contributed by atoms with van der Waals surface area (Å²) in [6.07, 6.45) is 7.16. The molecule has 2 aliphatic heterocycles. The number of piperidine rings is 1. The molecule has 0 aromatic carbocycles. The molecule has 2 saturated heterocycles. The minimum Gasteiger partial charge on any atom is -0.378 e. The van der Waals surface area contributed by atoms with Crippen LogP contribution in [-0.2, 0) is 9.53 Å². The molecule has 1 aromatic rings. The lowest BCUT2D eigenvalue weighted by atomic mass is 9.85. The summed E-state index contributed by atoms with van der Waals surface area (Å²) >= 11 is 0. The third-order valence-corrected chi connectivity index (χ3v) is 4.73. The number of aromatic nitrogens is 2. The van der Waals surface area contributed by atoms with Gasteiger partial charge in [-0.3, -0.25) is 14.7 Å². The predicted octanol–water partition coefficient (Wildman–Crippen LogP) is -0.106. The number of likely N-dealkylation sites (N-methyl/N-ethyl adjacent to an activating group) is 1. The molecule has 1 aromatic heterocycles. The average Bonchev–Trinajstić information content (AvgIpc) is 2.58. The van der Waals surface area contributed by atoms with Crippen molar-refractivity contribution in [2.24, 2.45) is 0 Å². The fourth-order valence-electron chi connectivity index (χ4n) is 3.33. The summed E-state index contributed by atoms with van der Waals surface area (Å²) in [7, 11) is 1.69. The summed E-state index contributed by atoms with van der Waals surface area (Å²) in [6, 6.07) is 0. The van der Waals surface area contributed by atoms with E-state index in [4.69, 9.17) is 4.74 Å². The number of hydrogen-bond donors (Lipinski definition) is 1. The first-order valence-electron chi connectivity index (χ1n) is 7.78. The van der Waals surface area contributed by atoms with Crippen LogP contribution in [0.4, 0.5) is 5.82 Å². The topological polar surface area (TPSA) is 70.6 Å². The summed E-state index contributed by atoms with van der Waals surface area (Å²) in [4.78, 5) is 24.8. The van der Waals surface area contributed by atoms with E-state index >= 15 is 0 Å². The molecule has 1 amide bonds. The SMILES string of the molecule is CNC(=O)CN1CCOCC12CCN(c1cnccn1)CC2. The van der Waals surface area contributed by atoms with Crippen molar-refractivity contribution < 1.29 is 9.53 Å². The number of rotatable bonds is 3. The first-order valence-corrected chi connectivity index (χ1v) is 7.78. The third kappa shape index (κ3) is 3.05. The van der Waals surface area contributed by atoms with Crippen LogP contribution in [-0.4, -0.2) is 72.8 Å². The molecule has 2 fully saturated rings. The lowest BCUT2D eigenvalue weighted by Gasteiger charge is -2.51. The van der Waals surface area contributed by atoms with Crippen LogP contribution in [0.3, 0.4) is 0 Å². The van der Waals surface area contributed by atoms with Gasteiger partial charge in [-0.2, -0.15) is 0 Å². The standard InChI is InChI=1S/C15H23N5O2/c1-16-14(21)11-20-8-9-22-12-15(20)2-6-19(7-3-15)13-10-17-4-5-18-13/h4-5,10H,2-3,6-9,11-12H2,1H3,(H,16,21). The summed E-state index contributed by atoms with van der Waals surface area (Å²) in [5, 5.41) is 2.72. The highest BCUT2D eigenvalue weighted by atomic mass is 16.5. The molecule has 1 spiro atoms. The van der Waals surface area contributed by atoms with E-state index in [1.54, 1.807) is 25.6 Å². The highest BCUT2D eigenvalue weighted by molar-refractivity contribution is 5.77. The number of hydrogen-bond acceptors (Lipinski definition) is 6. The van der Waals surface area contributed by atoms with Crippen LogP contribution in [0, 0.1) is 0 Å². The van der Waals surface area contributed by atoms with Gasteiger partial charge in [0.15, 0.2) is 0 Å². The fourth-order valence-corrected chi connectivity index (χ4v) is 3.33. The van der Waals surface area contributed by atoms with Gasteiger partial charge in [0.1, 0.15) is 5.82 Å². The highest BCUT2D eigenvalue weighted by Crippen LogP contribution is 2.32. The molecular weight excluding hydrogens is 282 g/mol. The Labute approximate surface area is 130 Å². The van der Waals surface area contributed by atoms with Gasteiger partial charge in [-0.1, -0.05) is 0 Å². The summed E-state index contributed by atoms with van der Waals surface area (Å²) in [6.45, 7) is 4.49. The van der Waals surface area contributed by atoms with Crippen molar-refractivity contribution in [2.45, 2.75) is 18.4 Å². The van der Waals surface area contributed by atoms with Gasteiger partial charge in [0.2, 0.25) is 5.91 Å². The number of nitrogens with zero attached hydrogens (tertiary/aromatic N) is 4. The maximum atomic E-state index is 11.8. The normalized spacial score (nSPS) is 21.8. The third-order valence-electron chi connectivity index (χ3n) is 4.73. The van der Waals surface area contributed by atoms with E-state index in [-0.39, 0.29) is 11.4 Å². The molecule has 7 heteroatoms. The van der Waals surface area contributed by atoms with Gasteiger partial charge >= 0.3 is 0 Å². The van der Waals surface area contributed by atoms with E-state index < -0.39 is 0 Å². The molecule has 2 aliphatic rings. The fraction of sp³-hybridized carbons (Fsp3) is 0.667. The van der Waals surface area contributed by atoms with Crippen LogP contribution in [0.2, 0.25) is 0 Å². The van der Waals surface area contributed by atoms with Crippen molar-refractivity contribution >= 4 is 11.7 Å². The van der Waals surface area contributed by atoms with Gasteiger partial charge in [-0.05, 0) is 12.8 Å². The Kier molecular flexibility index (Phi) is 4.54. The van der Waals surface area contributed by atoms with Crippen LogP contribution >= 0.6 is 0 Å². The van der Waals surface area contributed by atoms with Gasteiger partial charge in [-0.25, -0.2) is 4.98 Å². The molecule has 0 unspecified atom stereocenters. The summed E-state index contributed by atoms with van der Waals surface area (Å²) < 4.78 is 5.73. The lowest BCUT2D eigenvalue weighted by Crippen LogP contribution is -2.63. The smallest absolute Gasteiger partial charge is 0.233 e. The summed E-state index contributed by atoms with van der Waals surface area (Å²) in [5.41, 5.74) is -0.0243. The average molecular weight is 305 g/mol. The maximum Gasteiger partial charge on any atom is 0.233 e. The van der Waals surface area contributed by atoms with Crippen molar-refractivity contribution in [1.29, 1.82) is 0 Å². The van der Waals surface area contributed by atoms with Gasteiger partial charge in [0, 0.05) is 44.6 Å². The first kappa shape index (κ1) is 15.2. The maximum absolute atomic E-state index is 11.8. The van der Waals surface area contributed by atoms with E-state index in [0.29, 0.717) is 19.8 Å². The van der Waals surface area contributed by atoms with Gasteiger partial charge in [0.05, 0.1) is 26.0 Å². The number of nitrogens with one attached hydrogen (secondary N) is 1. The Morgan fingerprint density at radius 1 is 1.36 bits per heavy atom. The Hall–Kier alpha value is -1.73. The molecule has 0 atom stereocenters. The number of ether oxygens (including phenoxy) is 1. The van der Waals surface area contributed by atoms with Crippen molar-refractivity contribution in [3.63, 3.8) is 0 Å². The zero-order valence-electron chi connectivity index (χ0n) is 13.0. The first-order chi connectivity index (χ1) is 10.7. The minimum atomic E-state index is -0.0243. The largest absolute Gasteiger partial charge is 0.378 e. The molecule has 0 aliphatic carbocycles. The van der Waals surface area contributed by atoms with E-state index in [0.717, 1.165) is 38.3 Å². The number of morpholine rings is 1. The molecular formula is C15H23N5O2. The van der Waals surface area contributed by atoms with E-state index in [1.807, 2.05) is 0 Å². The molecule has 3 rings (SSSR count). The van der Waals surface area contributed by atoms with Gasteiger partial charge in [0.25, 0.3) is 0 Å². The van der Waals surface area contributed by atoms with Crippen LogP contribution in [0.15, 0.2) is 18.6 Å². The molecule has 0 radical (unpaired) electrons. The molecule has 120 valence electrons. The van der Waals surface area contributed by atoms with E-state index in [2.05, 4.69) is 25.1 Å². The zero-order chi connectivity index (χ0) is 15.4. The second-order valence-electron chi connectivity index (χ2n) is 5.92. The quantitative estimate of drug-likeness (QED) is 0.840. The molecule has 1 N–H and O–H groups in total. The molecule has 7 nitrogen and oxygen atoms in total. The lowest BCUT2D eigenvalue weighted by molar-refractivity contribution is -0.129. The van der Waals surface area contributed by atoms with E-state index in [1.165, 1.54) is 0 Å². The minimum absolute atomic E-state index is 0.0243. The Balaban J connectivity index is 1.67. The number of anilines is 1. The summed E-state index contributed by atoms with van der Waals surface area (Å²) in [5.74, 6) is 0.990. The van der Waals surface area contributed by atoms with Crippen LogP contribution in [0.5, 0.6) is 0 Å². The van der Waals surface area contributed by atoms with Crippen LogP contribution in [0.1, 0.15) is 12.8 Å². The van der Waals surface area contributed by atoms with Crippen molar-refractivity contribution in [1.82, 2.24) is 20.2 Å². The van der Waals surface area contributed by atoms with Crippen LogP contribution in [0.25, 0.3) is 0 Å². The van der Waals surface area contributed by atoms with E-state index in [9.17, 15) is 4.79 Å². The second kappa shape index (κ2) is 6.58. The van der Waals surface area contributed by atoms with Gasteiger partial charge < -0.3 is 15.0 Å². The molecule has 22 heavy (non-hydrogen) atoms. The predicted molar refractivity (Wildman–Crippen MR) is 82.7 cm³/mol. The van der Waals surface area contributed by atoms with Crippen molar-refractivity contribution in [3.8, 4) is 0 Å². The number of carbonyl (C=O) groups is 1. The van der Waals surface area contributed by atoms with Crippen molar-refractivity contribution in [2.75, 3.05) is 51.3 Å². The highest BCUT2D eigenvalue weighted by Gasteiger charge is 2.42. The Bertz CT molecular complexity index is 502. The Morgan fingerprint density at radius 3 is 2.86 bits per heavy atom. The second-order valence-corrected chi connectivity index (χ2v) is 5.92. The number of amides is 1. The molecule has 3 heterocycles. The number of carbonyl (C=O) groups excluding carboxylic acids is 1. The zero-order valence-corrected chi connectivity index (χ0v) is 13.0. The van der Waals surface area contributed by atoms with Crippen LogP contribution < -0.4 is 10.2 Å². The van der Waals surface area contributed by atoms with Crippen molar-refractivity contribution in [3.05, 3.63) is 18.6 Å². The Morgan fingerprint density at radius 2 is 2.18 bits per heavy atom. The van der Waals surface area contributed by atoms with Gasteiger partial charge in [-0.15, -0.1) is 0 Å².